The number of nitrogens with zero attached hydrogens (tertiary/aromatic N) is 1. The Bertz CT molecular complexity index is 516. The van der Waals surface area contributed by atoms with Gasteiger partial charge in [0, 0.05) is 12.1 Å². The number of hydrogen-bond donors (Lipinski definition) is 3. The Morgan fingerprint density at radius 3 is 2.89 bits per heavy atom. The first-order valence-electron chi connectivity index (χ1n) is 6.09. The Morgan fingerprint density at radius 1 is 1.33 bits per heavy atom. The molecule has 6 heteroatoms. The van der Waals surface area contributed by atoms with Crippen molar-refractivity contribution in [2.45, 2.75) is 18.9 Å². The summed E-state index contributed by atoms with van der Waals surface area (Å²) in [5.74, 6) is 0.918. The molecule has 0 unspecified atom stereocenters. The fourth-order valence-electron chi connectivity index (χ4n) is 2.16. The van der Waals surface area contributed by atoms with Gasteiger partial charge in [0.1, 0.15) is 5.82 Å². The Morgan fingerprint density at radius 2 is 2.17 bits per heavy atom. The van der Waals surface area contributed by atoms with E-state index in [2.05, 4.69) is 20.8 Å². The molecule has 2 aromatic heterocycles. The zero-order valence-corrected chi connectivity index (χ0v) is 11.4. The maximum atomic E-state index is 5.93. The van der Waals surface area contributed by atoms with Gasteiger partial charge < -0.3 is 10.6 Å². The van der Waals surface area contributed by atoms with E-state index >= 15 is 0 Å². The summed E-state index contributed by atoms with van der Waals surface area (Å²) in [5, 5.41) is 14.2. The number of piperidine rings is 1. The van der Waals surface area contributed by atoms with Crippen molar-refractivity contribution in [2.75, 3.05) is 18.4 Å². The number of aromatic nitrogens is 2. The summed E-state index contributed by atoms with van der Waals surface area (Å²) in [5.41, 5.74) is 1.02. The molecular formula is C12H15ClN4S. The van der Waals surface area contributed by atoms with E-state index in [-0.39, 0.29) is 0 Å². The van der Waals surface area contributed by atoms with Crippen molar-refractivity contribution >= 4 is 28.8 Å². The Labute approximate surface area is 115 Å². The molecule has 3 rings (SSSR count). The summed E-state index contributed by atoms with van der Waals surface area (Å²) in [6.07, 6.45) is 2.29. The molecule has 3 heterocycles. The minimum atomic E-state index is 0.523. The first kappa shape index (κ1) is 12.0. The highest BCUT2D eigenvalue weighted by molar-refractivity contribution is 7.19. The quantitative estimate of drug-likeness (QED) is 0.811. The first-order valence-corrected chi connectivity index (χ1v) is 7.29. The average molecular weight is 283 g/mol. The van der Waals surface area contributed by atoms with Gasteiger partial charge in [0.25, 0.3) is 0 Å². The zero-order valence-electron chi connectivity index (χ0n) is 9.87. The van der Waals surface area contributed by atoms with E-state index in [0.29, 0.717) is 6.04 Å². The third-order valence-corrected chi connectivity index (χ3v) is 4.37. The molecule has 4 nitrogen and oxygen atoms in total. The van der Waals surface area contributed by atoms with Gasteiger partial charge in [-0.05, 0) is 38.1 Å². The van der Waals surface area contributed by atoms with Crippen LogP contribution in [0.1, 0.15) is 12.8 Å². The van der Waals surface area contributed by atoms with Gasteiger partial charge in [-0.1, -0.05) is 11.6 Å². The van der Waals surface area contributed by atoms with Gasteiger partial charge in [-0.25, -0.2) is 0 Å². The largest absolute Gasteiger partial charge is 0.366 e. The molecule has 0 atom stereocenters. The van der Waals surface area contributed by atoms with E-state index in [1.54, 1.807) is 11.3 Å². The van der Waals surface area contributed by atoms with Crippen LogP contribution in [0.25, 0.3) is 10.6 Å². The van der Waals surface area contributed by atoms with E-state index < -0.39 is 0 Å². The molecule has 1 aliphatic heterocycles. The summed E-state index contributed by atoms with van der Waals surface area (Å²) in [4.78, 5) is 1.12. The third-order valence-electron chi connectivity index (χ3n) is 3.11. The SMILES string of the molecule is Clc1ccc(-c2cc(NC3CCNCC3)n[nH]2)s1. The second-order valence-corrected chi connectivity index (χ2v) is 6.15. The van der Waals surface area contributed by atoms with Crippen LogP contribution in [0.3, 0.4) is 0 Å². The molecule has 0 aromatic carbocycles. The molecule has 0 radical (unpaired) electrons. The highest BCUT2D eigenvalue weighted by atomic mass is 35.5. The Hall–Kier alpha value is -1.04. The molecule has 0 aliphatic carbocycles. The summed E-state index contributed by atoms with van der Waals surface area (Å²) in [6.45, 7) is 2.16. The molecule has 0 spiro atoms. The van der Waals surface area contributed by atoms with Crippen LogP contribution in [0.2, 0.25) is 4.34 Å². The van der Waals surface area contributed by atoms with Crippen molar-refractivity contribution in [3.63, 3.8) is 0 Å². The number of nitrogens with one attached hydrogen (secondary N) is 3. The molecule has 1 fully saturated rings. The molecule has 1 saturated heterocycles. The number of H-pyrrole nitrogens is 1. The van der Waals surface area contributed by atoms with E-state index in [9.17, 15) is 0 Å². The molecule has 0 bridgehead atoms. The second kappa shape index (κ2) is 5.30. The number of anilines is 1. The van der Waals surface area contributed by atoms with Gasteiger partial charge in [-0.3, -0.25) is 5.10 Å². The fraction of sp³-hybridized carbons (Fsp3) is 0.417. The van der Waals surface area contributed by atoms with Crippen LogP contribution in [0.15, 0.2) is 18.2 Å². The van der Waals surface area contributed by atoms with Gasteiger partial charge in [-0.15, -0.1) is 11.3 Å². The van der Waals surface area contributed by atoms with Gasteiger partial charge in [0.15, 0.2) is 0 Å². The second-order valence-electron chi connectivity index (χ2n) is 4.44. The number of rotatable bonds is 3. The van der Waals surface area contributed by atoms with Crippen molar-refractivity contribution in [1.82, 2.24) is 15.5 Å². The van der Waals surface area contributed by atoms with Gasteiger partial charge in [0.2, 0.25) is 0 Å². The average Bonchev–Trinajstić information content (AvgIpc) is 2.99. The fourth-order valence-corrected chi connectivity index (χ4v) is 3.17. The first-order chi connectivity index (χ1) is 8.81. The molecule has 0 amide bonds. The monoisotopic (exact) mass is 282 g/mol. The van der Waals surface area contributed by atoms with Crippen molar-refractivity contribution in [3.8, 4) is 10.6 Å². The van der Waals surface area contributed by atoms with Crippen molar-refractivity contribution in [2.24, 2.45) is 0 Å². The molecular weight excluding hydrogens is 268 g/mol. The van der Waals surface area contributed by atoms with Crippen LogP contribution in [-0.2, 0) is 0 Å². The van der Waals surface area contributed by atoms with Crippen molar-refractivity contribution in [1.29, 1.82) is 0 Å². The van der Waals surface area contributed by atoms with E-state index in [4.69, 9.17) is 11.6 Å². The molecule has 2 aromatic rings. The van der Waals surface area contributed by atoms with Crippen LogP contribution in [-0.4, -0.2) is 29.3 Å². The van der Waals surface area contributed by atoms with E-state index in [1.165, 1.54) is 0 Å². The van der Waals surface area contributed by atoms with Crippen molar-refractivity contribution in [3.05, 3.63) is 22.5 Å². The Balaban J connectivity index is 1.69. The van der Waals surface area contributed by atoms with Crippen LogP contribution in [0.5, 0.6) is 0 Å². The maximum absolute atomic E-state index is 5.93. The lowest BCUT2D eigenvalue weighted by atomic mass is 10.1. The zero-order chi connectivity index (χ0) is 12.4. The number of halogens is 1. The Kier molecular flexibility index (Phi) is 3.54. The smallest absolute Gasteiger partial charge is 0.148 e. The van der Waals surface area contributed by atoms with E-state index in [1.807, 2.05) is 18.2 Å². The lowest BCUT2D eigenvalue weighted by Gasteiger charge is -2.23. The summed E-state index contributed by atoms with van der Waals surface area (Å²) < 4.78 is 0.799. The maximum Gasteiger partial charge on any atom is 0.148 e. The minimum Gasteiger partial charge on any atom is -0.366 e. The number of thiophene rings is 1. The molecule has 96 valence electrons. The van der Waals surface area contributed by atoms with Crippen LogP contribution in [0, 0.1) is 0 Å². The molecule has 18 heavy (non-hydrogen) atoms. The van der Waals surface area contributed by atoms with Gasteiger partial charge in [-0.2, -0.15) is 5.10 Å². The lowest BCUT2D eigenvalue weighted by Crippen LogP contribution is -2.35. The van der Waals surface area contributed by atoms with Crippen molar-refractivity contribution < 1.29 is 0 Å². The lowest BCUT2D eigenvalue weighted by molar-refractivity contribution is 0.478. The number of hydrogen-bond acceptors (Lipinski definition) is 4. The standard InChI is InChI=1S/C12H15ClN4S/c13-11-2-1-10(18-11)9-7-12(17-16-9)15-8-3-5-14-6-4-8/h1-2,7-8,14H,3-6H2,(H2,15,16,17). The van der Waals surface area contributed by atoms with Crippen LogP contribution < -0.4 is 10.6 Å². The molecule has 3 N–H and O–H groups in total. The highest BCUT2D eigenvalue weighted by Gasteiger charge is 2.14. The normalized spacial score (nSPS) is 16.9. The third kappa shape index (κ3) is 2.68. The summed E-state index contributed by atoms with van der Waals surface area (Å²) in [6, 6.07) is 6.48. The summed E-state index contributed by atoms with van der Waals surface area (Å²) in [7, 11) is 0. The highest BCUT2D eigenvalue weighted by Crippen LogP contribution is 2.30. The summed E-state index contributed by atoms with van der Waals surface area (Å²) >= 11 is 7.49. The predicted octanol–water partition coefficient (Wildman–Crippen LogP) is 2.96. The number of aromatic amines is 1. The van der Waals surface area contributed by atoms with Gasteiger partial charge in [0.05, 0.1) is 14.9 Å². The molecule has 1 aliphatic rings. The predicted molar refractivity (Wildman–Crippen MR) is 76.4 cm³/mol. The molecule has 0 saturated carbocycles. The van der Waals surface area contributed by atoms with Crippen LogP contribution in [0.4, 0.5) is 5.82 Å². The van der Waals surface area contributed by atoms with E-state index in [0.717, 1.165) is 46.7 Å². The van der Waals surface area contributed by atoms with Gasteiger partial charge >= 0.3 is 0 Å². The minimum absolute atomic E-state index is 0.523. The van der Waals surface area contributed by atoms with Crippen LogP contribution >= 0.6 is 22.9 Å². The topological polar surface area (TPSA) is 52.7 Å².